The minimum absolute atomic E-state index is 0.0309. The van der Waals surface area contributed by atoms with Crippen LogP contribution in [0.4, 0.5) is 32.3 Å². The number of piperazine rings is 1. The number of rotatable bonds is 10. The molecule has 1 aliphatic heterocycles. The summed E-state index contributed by atoms with van der Waals surface area (Å²) in [6, 6.07) is 0. The predicted octanol–water partition coefficient (Wildman–Crippen LogP) is 1.75. The molecular weight excluding hydrogens is 530 g/mol. The molecule has 2 aromatic rings. The number of hydrogen-bond acceptors (Lipinski definition) is 9. The Bertz CT molecular complexity index is 1120. The predicted molar refractivity (Wildman–Crippen MR) is 117 cm³/mol. The molecule has 1 aliphatic rings. The van der Waals surface area contributed by atoms with Gasteiger partial charge in [-0.05, 0) is 0 Å². The highest BCUT2D eigenvalue weighted by molar-refractivity contribution is 5.76. The van der Waals surface area contributed by atoms with Crippen molar-refractivity contribution >= 4 is 11.9 Å². The second-order valence-electron chi connectivity index (χ2n) is 8.09. The highest BCUT2D eigenvalue weighted by Crippen LogP contribution is 2.33. The van der Waals surface area contributed by atoms with Gasteiger partial charge in [-0.15, -0.1) is 0 Å². The molecule has 0 spiro atoms. The summed E-state index contributed by atoms with van der Waals surface area (Å²) in [6.45, 7) is 0.741. The van der Waals surface area contributed by atoms with Crippen LogP contribution in [0.2, 0.25) is 0 Å². The van der Waals surface area contributed by atoms with Crippen molar-refractivity contribution in [3.8, 4) is 5.75 Å². The summed E-state index contributed by atoms with van der Waals surface area (Å²) < 4.78 is 93.3. The SMILES string of the molecule is COCC(COCCC(=O)N1CCN(c2ncc(C(F)(F)F)cn2)CC1)Oc1cn[nH]c(=O)c1C(F)(F)F. The van der Waals surface area contributed by atoms with Gasteiger partial charge in [0, 0.05) is 45.7 Å². The highest BCUT2D eigenvalue weighted by atomic mass is 19.4. The topological polar surface area (TPSA) is 123 Å². The first-order valence-corrected chi connectivity index (χ1v) is 11.2. The van der Waals surface area contributed by atoms with Gasteiger partial charge in [0.15, 0.2) is 11.3 Å². The first-order valence-electron chi connectivity index (χ1n) is 11.2. The van der Waals surface area contributed by atoms with Gasteiger partial charge in [-0.3, -0.25) is 9.59 Å². The Morgan fingerprint density at radius 1 is 1.03 bits per heavy atom. The molecule has 17 heteroatoms. The van der Waals surface area contributed by atoms with Crippen LogP contribution in [0.1, 0.15) is 17.5 Å². The van der Waals surface area contributed by atoms with E-state index in [0.717, 1.165) is 6.20 Å². The van der Waals surface area contributed by atoms with Gasteiger partial charge in [-0.1, -0.05) is 0 Å². The van der Waals surface area contributed by atoms with Gasteiger partial charge in [-0.2, -0.15) is 31.4 Å². The number of halogens is 6. The lowest BCUT2D eigenvalue weighted by Crippen LogP contribution is -2.49. The lowest BCUT2D eigenvalue weighted by molar-refractivity contribution is -0.141. The van der Waals surface area contributed by atoms with E-state index >= 15 is 0 Å². The van der Waals surface area contributed by atoms with Gasteiger partial charge >= 0.3 is 12.4 Å². The third kappa shape index (κ3) is 7.77. The smallest absolute Gasteiger partial charge is 0.425 e. The normalized spacial score (nSPS) is 15.4. The number of hydrogen-bond donors (Lipinski definition) is 1. The van der Waals surface area contributed by atoms with E-state index in [0.29, 0.717) is 25.5 Å². The molecular formula is C21H24F6N6O5. The van der Waals surface area contributed by atoms with Crippen molar-refractivity contribution in [3.63, 3.8) is 0 Å². The zero-order chi connectivity index (χ0) is 27.9. The summed E-state index contributed by atoms with van der Waals surface area (Å²) in [6.07, 6.45) is -8.43. The van der Waals surface area contributed by atoms with Gasteiger partial charge in [0.25, 0.3) is 5.56 Å². The Morgan fingerprint density at radius 3 is 2.26 bits per heavy atom. The van der Waals surface area contributed by atoms with E-state index < -0.39 is 40.9 Å². The van der Waals surface area contributed by atoms with Crippen LogP contribution < -0.4 is 15.2 Å². The monoisotopic (exact) mass is 554 g/mol. The Labute approximate surface area is 211 Å². The quantitative estimate of drug-likeness (QED) is 0.346. The van der Waals surface area contributed by atoms with E-state index in [-0.39, 0.29) is 51.2 Å². The molecule has 1 saturated heterocycles. The number of H-pyrrole nitrogens is 1. The lowest BCUT2D eigenvalue weighted by Gasteiger charge is -2.34. The van der Waals surface area contributed by atoms with Gasteiger partial charge < -0.3 is 24.0 Å². The van der Waals surface area contributed by atoms with Gasteiger partial charge in [-0.25, -0.2) is 15.1 Å². The molecule has 0 radical (unpaired) electrons. The van der Waals surface area contributed by atoms with E-state index in [1.165, 1.54) is 7.11 Å². The Kier molecular flexibility index (Phi) is 9.48. The van der Waals surface area contributed by atoms with Crippen LogP contribution in [-0.2, 0) is 26.6 Å². The van der Waals surface area contributed by atoms with Crippen molar-refractivity contribution < 1.29 is 45.3 Å². The third-order valence-electron chi connectivity index (χ3n) is 5.40. The van der Waals surface area contributed by atoms with Gasteiger partial charge in [0.1, 0.15) is 6.10 Å². The van der Waals surface area contributed by atoms with Crippen molar-refractivity contribution in [2.45, 2.75) is 24.9 Å². The molecule has 1 atom stereocenters. The molecule has 0 aromatic carbocycles. The fraction of sp³-hybridized carbons (Fsp3) is 0.571. The van der Waals surface area contributed by atoms with E-state index in [9.17, 15) is 35.9 Å². The van der Waals surface area contributed by atoms with Crippen LogP contribution in [0.25, 0.3) is 0 Å². The molecule has 2 aromatic heterocycles. The molecule has 0 saturated carbocycles. The fourth-order valence-electron chi connectivity index (χ4n) is 3.54. The van der Waals surface area contributed by atoms with E-state index in [1.807, 2.05) is 0 Å². The van der Waals surface area contributed by atoms with Crippen LogP contribution in [0, 0.1) is 0 Å². The molecule has 38 heavy (non-hydrogen) atoms. The molecule has 11 nitrogen and oxygen atoms in total. The standard InChI is InChI=1S/C21H24F6N6O5/c1-36-11-14(38-15-10-30-31-18(35)17(15)21(25,26)27)12-37-7-2-16(34)32-3-5-33(6-4-32)19-28-8-13(9-29-19)20(22,23)24/h8-10,14H,2-7,11-12H2,1H3,(H,31,35). The molecule has 210 valence electrons. The summed E-state index contributed by atoms with van der Waals surface area (Å²) in [5.41, 5.74) is -3.95. The zero-order valence-electron chi connectivity index (χ0n) is 20.0. The van der Waals surface area contributed by atoms with Crippen molar-refractivity contribution in [1.82, 2.24) is 25.1 Å². The number of anilines is 1. The number of methoxy groups -OCH3 is 1. The third-order valence-corrected chi connectivity index (χ3v) is 5.40. The number of carbonyl (C=O) groups excluding carboxylic acids is 1. The van der Waals surface area contributed by atoms with Crippen LogP contribution in [0.5, 0.6) is 5.75 Å². The minimum atomic E-state index is -4.97. The number of alkyl halides is 6. The summed E-state index contributed by atoms with van der Waals surface area (Å²) >= 11 is 0. The average Bonchev–Trinajstić information content (AvgIpc) is 2.85. The van der Waals surface area contributed by atoms with Crippen molar-refractivity contribution in [2.24, 2.45) is 0 Å². The van der Waals surface area contributed by atoms with Crippen LogP contribution in [0.3, 0.4) is 0 Å². The number of nitrogens with one attached hydrogen (secondary N) is 1. The van der Waals surface area contributed by atoms with E-state index in [2.05, 4.69) is 15.1 Å². The second kappa shape index (κ2) is 12.4. The number of aromatic nitrogens is 4. The summed E-state index contributed by atoms with van der Waals surface area (Å²) in [5, 5.41) is 5.04. The van der Waals surface area contributed by atoms with Crippen LogP contribution >= 0.6 is 0 Å². The maximum absolute atomic E-state index is 13.2. The summed E-state index contributed by atoms with van der Waals surface area (Å²) in [4.78, 5) is 34.8. The van der Waals surface area contributed by atoms with Crippen molar-refractivity contribution in [2.75, 3.05) is 58.0 Å². The van der Waals surface area contributed by atoms with E-state index in [4.69, 9.17) is 14.2 Å². The first-order chi connectivity index (χ1) is 17.9. The Hall–Kier alpha value is -3.47. The number of amides is 1. The van der Waals surface area contributed by atoms with E-state index in [1.54, 1.807) is 14.9 Å². The van der Waals surface area contributed by atoms with Crippen LogP contribution in [0.15, 0.2) is 23.4 Å². The largest absolute Gasteiger partial charge is 0.483 e. The molecule has 1 unspecified atom stereocenters. The van der Waals surface area contributed by atoms with Gasteiger partial charge in [0.05, 0.1) is 38.0 Å². The van der Waals surface area contributed by atoms with Crippen molar-refractivity contribution in [3.05, 3.63) is 40.1 Å². The lowest BCUT2D eigenvalue weighted by atomic mass is 10.2. The number of carbonyl (C=O) groups is 1. The number of nitrogens with zero attached hydrogens (tertiary/aromatic N) is 5. The molecule has 1 N–H and O–H groups in total. The summed E-state index contributed by atoms with van der Waals surface area (Å²) in [5.74, 6) is -0.903. The number of aromatic amines is 1. The Morgan fingerprint density at radius 2 is 1.68 bits per heavy atom. The molecule has 1 amide bonds. The maximum Gasteiger partial charge on any atom is 0.425 e. The molecule has 0 bridgehead atoms. The number of ether oxygens (including phenoxy) is 3. The molecule has 1 fully saturated rings. The Balaban J connectivity index is 1.45. The molecule has 3 heterocycles. The molecule has 3 rings (SSSR count). The van der Waals surface area contributed by atoms with Crippen LogP contribution in [-0.4, -0.2) is 90.2 Å². The molecule has 0 aliphatic carbocycles. The second-order valence-corrected chi connectivity index (χ2v) is 8.09. The van der Waals surface area contributed by atoms with Gasteiger partial charge in [0.2, 0.25) is 11.9 Å². The minimum Gasteiger partial charge on any atom is -0.483 e. The highest BCUT2D eigenvalue weighted by Gasteiger charge is 2.39. The summed E-state index contributed by atoms with van der Waals surface area (Å²) in [7, 11) is 1.30. The average molecular weight is 554 g/mol. The first kappa shape index (κ1) is 29.1. The maximum atomic E-state index is 13.2. The zero-order valence-corrected chi connectivity index (χ0v) is 20.0. The van der Waals surface area contributed by atoms with Crippen molar-refractivity contribution in [1.29, 1.82) is 0 Å². The fourth-order valence-corrected chi connectivity index (χ4v) is 3.54.